The first-order chi connectivity index (χ1) is 3.18. The summed E-state index contributed by atoms with van der Waals surface area (Å²) < 4.78 is 4.43. The second-order valence-electron chi connectivity index (χ2n) is 0.822. The van der Waals surface area contributed by atoms with Crippen LogP contribution in [0, 0.1) is 0 Å². The third-order valence-electron chi connectivity index (χ3n) is 0.328. The van der Waals surface area contributed by atoms with Gasteiger partial charge in [-0.2, -0.15) is 0 Å². The van der Waals surface area contributed by atoms with Crippen LogP contribution >= 0.6 is 44.3 Å². The molecule has 2 unspecified atom stereocenters. The molecule has 5 heteroatoms. The van der Waals surface area contributed by atoms with Crippen molar-refractivity contribution in [3.63, 3.8) is 0 Å². The van der Waals surface area contributed by atoms with Crippen molar-refractivity contribution in [3.8, 4) is 0 Å². The Morgan fingerprint density at radius 3 is 1.71 bits per heavy atom. The van der Waals surface area contributed by atoms with Crippen LogP contribution in [0.2, 0.25) is 0 Å². The first-order valence-electron chi connectivity index (χ1n) is 1.46. The molecule has 0 fully saturated rings. The van der Waals surface area contributed by atoms with Crippen molar-refractivity contribution in [2.24, 2.45) is 0 Å². The molecule has 0 bridgehead atoms. The van der Waals surface area contributed by atoms with Gasteiger partial charge in [0, 0.05) is 9.47 Å². The molecule has 0 heterocycles. The Kier molecular flexibility index (Phi) is 4.92. The van der Waals surface area contributed by atoms with Crippen LogP contribution in [0.4, 0.5) is 0 Å². The number of halogens is 3. The van der Waals surface area contributed by atoms with Gasteiger partial charge < -0.3 is 4.52 Å². The Morgan fingerprint density at radius 1 is 1.29 bits per heavy atom. The molecule has 7 heavy (non-hydrogen) atoms. The lowest BCUT2D eigenvalue weighted by molar-refractivity contribution is 0.348. The first kappa shape index (κ1) is 8.26. The smallest absolute Gasteiger partial charge is 0.164 e. The third-order valence-corrected chi connectivity index (χ3v) is 1.86. The molecule has 2 atom stereocenters. The van der Waals surface area contributed by atoms with Gasteiger partial charge in [-0.1, -0.05) is 11.6 Å². The van der Waals surface area contributed by atoms with Crippen LogP contribution in [0.5, 0.6) is 0 Å². The molecule has 1 nitrogen and oxygen atoms in total. The molecule has 44 valence electrons. The molecule has 0 rings (SSSR count). The van der Waals surface area contributed by atoms with Crippen LogP contribution in [-0.2, 0) is 4.52 Å². The predicted octanol–water partition coefficient (Wildman–Crippen LogP) is 2.16. The molecule has 0 aromatic carbocycles. The van der Waals surface area contributed by atoms with Crippen LogP contribution in [0.1, 0.15) is 0 Å². The average molecular weight is 181 g/mol. The monoisotopic (exact) mass is 180 g/mol. The molecular formula is C2H4Cl3OP. The summed E-state index contributed by atoms with van der Waals surface area (Å²) in [6.07, 6.45) is 0. The van der Waals surface area contributed by atoms with E-state index in [4.69, 9.17) is 34.8 Å². The number of alkyl halides is 3. The minimum atomic E-state index is -0.667. The molecule has 0 N–H and O–H groups in total. The van der Waals surface area contributed by atoms with E-state index in [1.807, 2.05) is 9.47 Å². The van der Waals surface area contributed by atoms with E-state index < -0.39 is 10.4 Å². The molecule has 0 aromatic rings. The van der Waals surface area contributed by atoms with E-state index in [2.05, 4.69) is 4.52 Å². The van der Waals surface area contributed by atoms with Crippen molar-refractivity contribution in [1.29, 1.82) is 0 Å². The first-order valence-corrected chi connectivity index (χ1v) is 3.24. The van der Waals surface area contributed by atoms with Gasteiger partial charge in [0.15, 0.2) is 5.56 Å². The van der Waals surface area contributed by atoms with Crippen LogP contribution in [-0.4, -0.2) is 10.4 Å². The lowest BCUT2D eigenvalue weighted by Gasteiger charge is -2.04. The van der Waals surface area contributed by atoms with Gasteiger partial charge in [0.25, 0.3) is 0 Å². The summed E-state index contributed by atoms with van der Waals surface area (Å²) in [5.41, 5.74) is -0.631. The van der Waals surface area contributed by atoms with E-state index >= 15 is 0 Å². The minimum absolute atomic E-state index is 0.631. The Hall–Kier alpha value is 1.26. The van der Waals surface area contributed by atoms with Crippen LogP contribution in [0.3, 0.4) is 0 Å². The highest BCUT2D eigenvalue weighted by Crippen LogP contribution is 2.16. The largest absolute Gasteiger partial charge is 0.344 e. The Labute approximate surface area is 59.5 Å². The molecule has 0 aliphatic heterocycles. The third kappa shape index (κ3) is 3.81. The maximum Gasteiger partial charge on any atom is 0.164 e. The number of hydrogen-bond donors (Lipinski definition) is 0. The van der Waals surface area contributed by atoms with E-state index in [9.17, 15) is 0 Å². The summed E-state index contributed by atoms with van der Waals surface area (Å²) in [6.45, 7) is 0. The van der Waals surface area contributed by atoms with Crippen molar-refractivity contribution in [1.82, 2.24) is 0 Å². The SMILES string of the molecule is POC(Cl)C(Cl)Cl. The second-order valence-corrected chi connectivity index (χ2v) is 2.69. The van der Waals surface area contributed by atoms with E-state index in [1.165, 1.54) is 0 Å². The van der Waals surface area contributed by atoms with Crippen LogP contribution in [0.15, 0.2) is 0 Å². The molecule has 0 saturated carbocycles. The lowest BCUT2D eigenvalue weighted by atomic mass is 10.8. The highest BCUT2D eigenvalue weighted by atomic mass is 35.5. The highest BCUT2D eigenvalue weighted by molar-refractivity contribution is 7.10. The molecule has 0 spiro atoms. The van der Waals surface area contributed by atoms with Crippen molar-refractivity contribution in [3.05, 3.63) is 0 Å². The van der Waals surface area contributed by atoms with Crippen LogP contribution in [0.25, 0.3) is 0 Å². The fourth-order valence-corrected chi connectivity index (χ4v) is 0.535. The molecule has 0 saturated heterocycles. The van der Waals surface area contributed by atoms with Gasteiger partial charge >= 0.3 is 0 Å². The summed E-state index contributed by atoms with van der Waals surface area (Å²) in [4.78, 5) is -0.667. The van der Waals surface area contributed by atoms with Gasteiger partial charge in [0.2, 0.25) is 0 Å². The normalized spacial score (nSPS) is 15.0. The van der Waals surface area contributed by atoms with Crippen molar-refractivity contribution >= 4 is 44.3 Å². The summed E-state index contributed by atoms with van der Waals surface area (Å²) in [6, 6.07) is 0. The highest BCUT2D eigenvalue weighted by Gasteiger charge is 2.10. The van der Waals surface area contributed by atoms with Gasteiger partial charge in [-0.3, -0.25) is 0 Å². The maximum atomic E-state index is 5.29. The van der Waals surface area contributed by atoms with Crippen LogP contribution < -0.4 is 0 Å². The molecule has 0 radical (unpaired) electrons. The number of hydrogen-bond acceptors (Lipinski definition) is 1. The predicted molar refractivity (Wildman–Crippen MR) is 35.9 cm³/mol. The topological polar surface area (TPSA) is 9.23 Å². The zero-order valence-corrected chi connectivity index (χ0v) is 6.70. The molecule has 0 aliphatic rings. The summed E-state index contributed by atoms with van der Waals surface area (Å²) in [5, 5.41) is 0. The second kappa shape index (κ2) is 4.17. The minimum Gasteiger partial charge on any atom is -0.344 e. The van der Waals surface area contributed by atoms with Gasteiger partial charge in [-0.05, 0) is 0 Å². The van der Waals surface area contributed by atoms with Gasteiger partial charge in [0.1, 0.15) is 4.84 Å². The van der Waals surface area contributed by atoms with E-state index in [0.717, 1.165) is 0 Å². The van der Waals surface area contributed by atoms with Crippen molar-refractivity contribution in [2.75, 3.05) is 0 Å². The van der Waals surface area contributed by atoms with Gasteiger partial charge in [-0.15, -0.1) is 23.2 Å². The van der Waals surface area contributed by atoms with E-state index in [1.54, 1.807) is 0 Å². The summed E-state index contributed by atoms with van der Waals surface area (Å²) in [5.74, 6) is 0. The van der Waals surface area contributed by atoms with Crippen molar-refractivity contribution < 1.29 is 4.52 Å². The van der Waals surface area contributed by atoms with E-state index in [-0.39, 0.29) is 0 Å². The quantitative estimate of drug-likeness (QED) is 0.468. The maximum absolute atomic E-state index is 5.29. The number of rotatable bonds is 2. The zero-order valence-electron chi connectivity index (χ0n) is 3.27. The summed E-state index contributed by atoms with van der Waals surface area (Å²) >= 11 is 15.7. The van der Waals surface area contributed by atoms with Crippen molar-refractivity contribution in [2.45, 2.75) is 10.4 Å². The van der Waals surface area contributed by atoms with Gasteiger partial charge in [-0.25, -0.2) is 0 Å². The average Bonchev–Trinajstić information content (AvgIpc) is 1.65. The lowest BCUT2D eigenvalue weighted by Crippen LogP contribution is -2.06. The fourth-order valence-electron chi connectivity index (χ4n) is 0.0594. The summed E-state index contributed by atoms with van der Waals surface area (Å²) in [7, 11) is 1.96. The molecular weight excluding hydrogens is 177 g/mol. The Balaban J connectivity index is 3.14. The van der Waals surface area contributed by atoms with E-state index in [0.29, 0.717) is 0 Å². The Morgan fingerprint density at radius 2 is 1.71 bits per heavy atom. The fraction of sp³-hybridized carbons (Fsp3) is 1.00. The molecule has 0 aromatic heterocycles. The standard InChI is InChI=1S/C2H4Cl3OP/c3-1(4)2(5)6-7/h1-2H,7H2. The zero-order chi connectivity index (χ0) is 5.86. The Bertz CT molecular complexity index is 50.2. The van der Waals surface area contributed by atoms with Gasteiger partial charge in [0.05, 0.1) is 0 Å². The molecule has 0 aliphatic carbocycles. The molecule has 0 amide bonds.